The predicted octanol–water partition coefficient (Wildman–Crippen LogP) is 2.20. The monoisotopic (exact) mass is 276 g/mol. The van der Waals surface area contributed by atoms with Gasteiger partial charge in [0.15, 0.2) is 0 Å². The second-order valence-electron chi connectivity index (χ2n) is 4.12. The zero-order valence-corrected chi connectivity index (χ0v) is 11.1. The summed E-state index contributed by atoms with van der Waals surface area (Å²) in [7, 11) is 0. The highest BCUT2D eigenvalue weighted by Crippen LogP contribution is 2.11. The van der Waals surface area contributed by atoms with Crippen molar-refractivity contribution in [3.63, 3.8) is 0 Å². The minimum absolute atomic E-state index is 0.202. The number of rotatable bonds is 3. The van der Waals surface area contributed by atoms with Gasteiger partial charge in [-0.3, -0.25) is 10.1 Å². The normalized spacial score (nSPS) is 10.2. The number of hydrogen-bond acceptors (Lipinski definition) is 4. The van der Waals surface area contributed by atoms with E-state index in [1.807, 2.05) is 0 Å². The van der Waals surface area contributed by atoms with Crippen molar-refractivity contribution in [1.29, 1.82) is 0 Å². The molecule has 1 aromatic heterocycles. The molecule has 0 radical (unpaired) electrons. The molecule has 0 aliphatic carbocycles. The van der Waals surface area contributed by atoms with Gasteiger partial charge in [-0.25, -0.2) is 9.97 Å². The standard InChI is InChI=1S/C13H13ClN4O/c1-8-6-11(14)17-13(16-8)18-12(19)7-9-2-4-10(15)5-3-9/h2-6H,7,15H2,1H3,(H,16,17,18,19). The topological polar surface area (TPSA) is 80.9 Å². The molecule has 2 rings (SSSR count). The highest BCUT2D eigenvalue weighted by Gasteiger charge is 2.07. The first-order valence-corrected chi connectivity index (χ1v) is 6.06. The minimum Gasteiger partial charge on any atom is -0.399 e. The Bertz CT molecular complexity index is 578. The van der Waals surface area contributed by atoms with E-state index in [1.165, 1.54) is 0 Å². The van der Waals surface area contributed by atoms with E-state index < -0.39 is 0 Å². The summed E-state index contributed by atoms with van der Waals surface area (Å²) in [6, 6.07) is 8.74. The highest BCUT2D eigenvalue weighted by atomic mass is 35.5. The number of aromatic nitrogens is 2. The van der Waals surface area contributed by atoms with Crippen molar-refractivity contribution in [2.45, 2.75) is 13.3 Å². The van der Waals surface area contributed by atoms with Crippen LogP contribution in [-0.4, -0.2) is 15.9 Å². The molecule has 1 heterocycles. The highest BCUT2D eigenvalue weighted by molar-refractivity contribution is 6.29. The Morgan fingerprint density at radius 2 is 2.00 bits per heavy atom. The first-order valence-electron chi connectivity index (χ1n) is 5.68. The van der Waals surface area contributed by atoms with E-state index in [2.05, 4.69) is 15.3 Å². The van der Waals surface area contributed by atoms with E-state index in [0.717, 1.165) is 5.56 Å². The zero-order chi connectivity index (χ0) is 13.8. The minimum atomic E-state index is -0.202. The lowest BCUT2D eigenvalue weighted by Gasteiger charge is -2.05. The summed E-state index contributed by atoms with van der Waals surface area (Å²) in [5.74, 6) is 0.0110. The van der Waals surface area contributed by atoms with Crippen molar-refractivity contribution in [2.75, 3.05) is 11.1 Å². The number of nitrogen functional groups attached to an aromatic ring is 1. The number of halogens is 1. The van der Waals surface area contributed by atoms with Gasteiger partial charge >= 0.3 is 0 Å². The average molecular weight is 277 g/mol. The molecule has 6 heteroatoms. The summed E-state index contributed by atoms with van der Waals surface area (Å²) >= 11 is 5.79. The van der Waals surface area contributed by atoms with Crippen molar-refractivity contribution >= 4 is 29.1 Å². The van der Waals surface area contributed by atoms with E-state index in [-0.39, 0.29) is 18.3 Å². The van der Waals surface area contributed by atoms with Gasteiger partial charge in [0.25, 0.3) is 0 Å². The Labute approximate surface area is 115 Å². The summed E-state index contributed by atoms with van der Waals surface area (Å²) in [5, 5.41) is 2.91. The fourth-order valence-electron chi connectivity index (χ4n) is 1.58. The second kappa shape index (κ2) is 5.67. The van der Waals surface area contributed by atoms with Crippen LogP contribution in [0.15, 0.2) is 30.3 Å². The lowest BCUT2D eigenvalue weighted by atomic mass is 10.1. The fourth-order valence-corrected chi connectivity index (χ4v) is 1.81. The molecule has 2 aromatic rings. The second-order valence-corrected chi connectivity index (χ2v) is 4.51. The molecule has 1 amide bonds. The number of anilines is 2. The quantitative estimate of drug-likeness (QED) is 0.665. The summed E-state index contributed by atoms with van der Waals surface area (Å²) in [4.78, 5) is 19.8. The molecular formula is C13H13ClN4O. The van der Waals surface area contributed by atoms with Crippen LogP contribution in [0.2, 0.25) is 5.15 Å². The van der Waals surface area contributed by atoms with Crippen LogP contribution < -0.4 is 11.1 Å². The number of aryl methyl sites for hydroxylation is 1. The van der Waals surface area contributed by atoms with Crippen molar-refractivity contribution < 1.29 is 4.79 Å². The van der Waals surface area contributed by atoms with Crippen molar-refractivity contribution in [1.82, 2.24) is 9.97 Å². The Kier molecular flexibility index (Phi) is 3.97. The van der Waals surface area contributed by atoms with E-state index in [4.69, 9.17) is 17.3 Å². The number of carbonyl (C=O) groups is 1. The van der Waals surface area contributed by atoms with Crippen LogP contribution in [0.1, 0.15) is 11.3 Å². The first-order chi connectivity index (χ1) is 9.02. The molecule has 1 aromatic carbocycles. The Morgan fingerprint density at radius 3 is 2.63 bits per heavy atom. The molecule has 19 heavy (non-hydrogen) atoms. The van der Waals surface area contributed by atoms with Gasteiger partial charge in [-0.05, 0) is 30.7 Å². The predicted molar refractivity (Wildman–Crippen MR) is 75.0 cm³/mol. The molecule has 0 saturated heterocycles. The van der Waals surface area contributed by atoms with Gasteiger partial charge in [0.1, 0.15) is 5.15 Å². The van der Waals surface area contributed by atoms with Crippen molar-refractivity contribution in [3.8, 4) is 0 Å². The Morgan fingerprint density at radius 1 is 1.32 bits per heavy atom. The molecule has 0 aliphatic heterocycles. The molecule has 0 fully saturated rings. The lowest BCUT2D eigenvalue weighted by Crippen LogP contribution is -2.16. The fraction of sp³-hybridized carbons (Fsp3) is 0.154. The Balaban J connectivity index is 2.03. The number of amides is 1. The largest absolute Gasteiger partial charge is 0.399 e. The van der Waals surface area contributed by atoms with Crippen LogP contribution in [0.5, 0.6) is 0 Å². The zero-order valence-electron chi connectivity index (χ0n) is 10.4. The molecule has 0 saturated carbocycles. The molecule has 98 valence electrons. The molecule has 5 nitrogen and oxygen atoms in total. The molecule has 0 spiro atoms. The maximum atomic E-state index is 11.8. The van der Waals surface area contributed by atoms with Gasteiger partial charge < -0.3 is 5.73 Å². The van der Waals surface area contributed by atoms with E-state index in [0.29, 0.717) is 16.5 Å². The molecule has 0 atom stereocenters. The third kappa shape index (κ3) is 3.93. The Hall–Kier alpha value is -2.14. The summed E-state index contributed by atoms with van der Waals surface area (Å²) in [5.41, 5.74) is 7.81. The van der Waals surface area contributed by atoms with Crippen molar-refractivity contribution in [2.24, 2.45) is 0 Å². The number of nitrogens with one attached hydrogen (secondary N) is 1. The lowest BCUT2D eigenvalue weighted by molar-refractivity contribution is -0.115. The number of benzene rings is 1. The van der Waals surface area contributed by atoms with Crippen LogP contribution in [0.25, 0.3) is 0 Å². The first kappa shape index (κ1) is 13.3. The van der Waals surface area contributed by atoms with Gasteiger partial charge in [-0.1, -0.05) is 23.7 Å². The van der Waals surface area contributed by atoms with Gasteiger partial charge in [-0.2, -0.15) is 0 Å². The number of nitrogens with zero attached hydrogens (tertiary/aromatic N) is 2. The molecule has 0 bridgehead atoms. The number of carbonyl (C=O) groups excluding carboxylic acids is 1. The van der Waals surface area contributed by atoms with Gasteiger partial charge in [0, 0.05) is 11.4 Å². The van der Waals surface area contributed by atoms with E-state index in [9.17, 15) is 4.79 Å². The van der Waals surface area contributed by atoms with E-state index >= 15 is 0 Å². The smallest absolute Gasteiger partial charge is 0.231 e. The average Bonchev–Trinajstić information content (AvgIpc) is 2.30. The van der Waals surface area contributed by atoms with Gasteiger partial charge in [0.2, 0.25) is 11.9 Å². The van der Waals surface area contributed by atoms with Crippen LogP contribution in [-0.2, 0) is 11.2 Å². The van der Waals surface area contributed by atoms with E-state index in [1.54, 1.807) is 37.3 Å². The van der Waals surface area contributed by atoms with Gasteiger partial charge in [-0.15, -0.1) is 0 Å². The maximum Gasteiger partial charge on any atom is 0.231 e. The number of hydrogen-bond donors (Lipinski definition) is 2. The SMILES string of the molecule is Cc1cc(Cl)nc(NC(=O)Cc2ccc(N)cc2)n1. The maximum absolute atomic E-state index is 11.8. The third-order valence-corrected chi connectivity index (χ3v) is 2.61. The van der Waals surface area contributed by atoms with Crippen LogP contribution >= 0.6 is 11.6 Å². The summed E-state index contributed by atoms with van der Waals surface area (Å²) in [6.07, 6.45) is 0.231. The van der Waals surface area contributed by atoms with Gasteiger partial charge in [0.05, 0.1) is 6.42 Å². The molecule has 0 aliphatic rings. The summed E-state index contributed by atoms with van der Waals surface area (Å²) < 4.78 is 0. The van der Waals surface area contributed by atoms with Crippen molar-refractivity contribution in [3.05, 3.63) is 46.7 Å². The molecule has 0 unspecified atom stereocenters. The molecule has 3 N–H and O–H groups in total. The molecular weight excluding hydrogens is 264 g/mol. The van der Waals surface area contributed by atoms with Crippen LogP contribution in [0, 0.1) is 6.92 Å². The summed E-state index contributed by atoms with van der Waals surface area (Å²) in [6.45, 7) is 1.78. The van der Waals surface area contributed by atoms with Crippen LogP contribution in [0.4, 0.5) is 11.6 Å². The van der Waals surface area contributed by atoms with Crippen LogP contribution in [0.3, 0.4) is 0 Å². The number of nitrogens with two attached hydrogens (primary N) is 1. The third-order valence-electron chi connectivity index (χ3n) is 2.42.